The van der Waals surface area contributed by atoms with Crippen LogP contribution in [0.4, 0.5) is 5.69 Å². The van der Waals surface area contributed by atoms with Crippen LogP contribution in [0.15, 0.2) is 52.1 Å². The van der Waals surface area contributed by atoms with Gasteiger partial charge in [0.1, 0.15) is 18.1 Å². The highest BCUT2D eigenvalue weighted by molar-refractivity contribution is 14.0. The largest absolute Gasteiger partial charge is 0.492 e. The molecule has 1 fully saturated rings. The third-order valence-corrected chi connectivity index (χ3v) is 5.29. The minimum Gasteiger partial charge on any atom is -0.492 e. The third kappa shape index (κ3) is 9.24. The number of carbonyl (C=O) groups excluding carboxylic acids is 1. The molecule has 0 radical (unpaired) electrons. The molecular formula is C24H36IN5O3. The normalized spacial score (nSPS) is 15.3. The average molecular weight is 569 g/mol. The summed E-state index contributed by atoms with van der Waals surface area (Å²) in [6.45, 7) is 8.18. The fourth-order valence-corrected chi connectivity index (χ4v) is 3.82. The molecule has 1 aliphatic heterocycles. The Bertz CT molecular complexity index is 854. The summed E-state index contributed by atoms with van der Waals surface area (Å²) in [5.74, 6) is 2.33. The van der Waals surface area contributed by atoms with Crippen molar-refractivity contribution in [1.82, 2.24) is 15.5 Å². The summed E-state index contributed by atoms with van der Waals surface area (Å²) in [6, 6.07) is 11.5. The van der Waals surface area contributed by atoms with Crippen molar-refractivity contribution in [3.05, 3.63) is 48.4 Å². The zero-order chi connectivity index (χ0) is 22.6. The highest BCUT2D eigenvalue weighted by Crippen LogP contribution is 2.25. The Morgan fingerprint density at radius 2 is 2.00 bits per heavy atom. The number of guanidine groups is 1. The number of hydrogen-bond donors (Lipinski definition) is 3. The molecule has 8 nitrogen and oxygen atoms in total. The topological polar surface area (TPSA) is 91.1 Å². The van der Waals surface area contributed by atoms with Crippen LogP contribution in [0.5, 0.6) is 5.75 Å². The molecular weight excluding hydrogens is 533 g/mol. The number of rotatable bonds is 10. The molecule has 3 rings (SSSR count). The number of benzene rings is 1. The number of amides is 1. The van der Waals surface area contributed by atoms with Crippen molar-refractivity contribution < 1.29 is 13.9 Å². The first-order valence-electron chi connectivity index (χ1n) is 11.5. The van der Waals surface area contributed by atoms with E-state index in [1.54, 1.807) is 6.26 Å². The minimum absolute atomic E-state index is 0. The van der Waals surface area contributed by atoms with E-state index >= 15 is 0 Å². The molecule has 0 saturated carbocycles. The van der Waals surface area contributed by atoms with Gasteiger partial charge in [-0.3, -0.25) is 14.7 Å². The lowest BCUT2D eigenvalue weighted by Gasteiger charge is -2.32. The number of ether oxygens (including phenoxy) is 1. The number of carbonyl (C=O) groups is 1. The van der Waals surface area contributed by atoms with Crippen molar-refractivity contribution in [2.24, 2.45) is 4.99 Å². The molecule has 0 aliphatic carbocycles. The van der Waals surface area contributed by atoms with Crippen LogP contribution in [0.3, 0.4) is 0 Å². The predicted molar refractivity (Wildman–Crippen MR) is 143 cm³/mol. The van der Waals surface area contributed by atoms with Gasteiger partial charge in [-0.25, -0.2) is 0 Å². The van der Waals surface area contributed by atoms with E-state index in [-0.39, 0.29) is 35.9 Å². The highest BCUT2D eigenvalue weighted by atomic mass is 127. The summed E-state index contributed by atoms with van der Waals surface area (Å²) in [4.78, 5) is 18.5. The van der Waals surface area contributed by atoms with Crippen molar-refractivity contribution in [3.63, 3.8) is 0 Å². The van der Waals surface area contributed by atoms with Crippen molar-refractivity contribution >= 4 is 41.5 Å². The van der Waals surface area contributed by atoms with Crippen LogP contribution in [-0.4, -0.2) is 56.1 Å². The Hall–Kier alpha value is -2.27. The number of aliphatic imine (C=N–C) groups is 1. The molecule has 9 heteroatoms. The van der Waals surface area contributed by atoms with Crippen LogP contribution in [0.2, 0.25) is 0 Å². The summed E-state index contributed by atoms with van der Waals surface area (Å²) in [6.07, 6.45) is 5.47. The first-order valence-corrected chi connectivity index (χ1v) is 11.5. The fraction of sp³-hybridized carbons (Fsp3) is 0.500. The summed E-state index contributed by atoms with van der Waals surface area (Å²) in [5.41, 5.74) is 0.722. The lowest BCUT2D eigenvalue weighted by Crippen LogP contribution is -2.40. The van der Waals surface area contributed by atoms with Gasteiger partial charge in [0.25, 0.3) is 0 Å². The average Bonchev–Trinajstić information content (AvgIpc) is 3.32. The highest BCUT2D eigenvalue weighted by Gasteiger charge is 2.24. The third-order valence-electron chi connectivity index (χ3n) is 5.29. The molecule has 1 saturated heterocycles. The van der Waals surface area contributed by atoms with E-state index in [1.807, 2.05) is 36.4 Å². The predicted octanol–water partition coefficient (Wildman–Crippen LogP) is 4.02. The van der Waals surface area contributed by atoms with Crippen LogP contribution in [0, 0.1) is 0 Å². The molecule has 1 aliphatic rings. The number of anilines is 1. The Morgan fingerprint density at radius 3 is 2.70 bits per heavy atom. The van der Waals surface area contributed by atoms with Crippen molar-refractivity contribution in [2.45, 2.75) is 39.2 Å². The maximum absolute atomic E-state index is 11.2. The maximum atomic E-state index is 11.2. The van der Waals surface area contributed by atoms with Crippen LogP contribution >= 0.6 is 24.0 Å². The second-order valence-corrected chi connectivity index (χ2v) is 7.83. The Balaban J connectivity index is 0.00000385. The second kappa shape index (κ2) is 14.8. The van der Waals surface area contributed by atoms with Gasteiger partial charge in [0.2, 0.25) is 5.91 Å². The first kappa shape index (κ1) is 27.0. The zero-order valence-corrected chi connectivity index (χ0v) is 21.8. The zero-order valence-electron chi connectivity index (χ0n) is 19.5. The second-order valence-electron chi connectivity index (χ2n) is 7.83. The monoisotopic (exact) mass is 569 g/mol. The molecule has 2 aromatic rings. The molecule has 1 aromatic carbocycles. The number of halogens is 1. The van der Waals surface area contributed by atoms with E-state index < -0.39 is 0 Å². The SMILES string of the molecule is CCNC(=NCC(c1ccco1)N1CCCCC1)NCCOc1cccc(NC(C)=O)c1.I. The van der Waals surface area contributed by atoms with Crippen molar-refractivity contribution in [3.8, 4) is 5.75 Å². The summed E-state index contributed by atoms with van der Waals surface area (Å²) < 4.78 is 11.5. The molecule has 182 valence electrons. The molecule has 2 heterocycles. The number of nitrogens with one attached hydrogen (secondary N) is 3. The van der Waals surface area contributed by atoms with E-state index in [1.165, 1.54) is 26.2 Å². The van der Waals surface area contributed by atoms with E-state index in [0.29, 0.717) is 25.4 Å². The Morgan fingerprint density at radius 1 is 1.18 bits per heavy atom. The van der Waals surface area contributed by atoms with Gasteiger partial charge >= 0.3 is 0 Å². The number of piperidine rings is 1. The lowest BCUT2D eigenvalue weighted by atomic mass is 10.1. The number of likely N-dealkylation sites (tertiary alicyclic amines) is 1. The van der Waals surface area contributed by atoms with Crippen LogP contribution < -0.4 is 20.7 Å². The van der Waals surface area contributed by atoms with E-state index in [2.05, 4.69) is 27.8 Å². The molecule has 1 aromatic heterocycles. The fourth-order valence-electron chi connectivity index (χ4n) is 3.82. The van der Waals surface area contributed by atoms with Gasteiger partial charge < -0.3 is 25.1 Å². The van der Waals surface area contributed by atoms with Gasteiger partial charge in [-0.05, 0) is 57.1 Å². The quantitative estimate of drug-likeness (QED) is 0.173. The standard InChI is InChI=1S/C24H35N5O3.HI/c1-3-25-24(26-12-16-31-21-10-7-9-20(17-21)28-19(2)30)27-18-22(23-11-8-15-32-23)29-13-5-4-6-14-29;/h7-11,15,17,22H,3-6,12-14,16,18H2,1-2H3,(H,28,30)(H2,25,26,27);1H. The van der Waals surface area contributed by atoms with Crippen LogP contribution in [0.25, 0.3) is 0 Å². The number of nitrogens with zero attached hydrogens (tertiary/aromatic N) is 2. The van der Waals surface area contributed by atoms with Gasteiger partial charge in [0.05, 0.1) is 25.4 Å². The molecule has 1 atom stereocenters. The maximum Gasteiger partial charge on any atom is 0.221 e. The molecule has 0 spiro atoms. The van der Waals surface area contributed by atoms with Gasteiger partial charge in [0, 0.05) is 25.2 Å². The Labute approximate surface area is 213 Å². The summed E-state index contributed by atoms with van der Waals surface area (Å²) >= 11 is 0. The first-order chi connectivity index (χ1) is 15.7. The van der Waals surface area contributed by atoms with Crippen molar-refractivity contribution in [1.29, 1.82) is 0 Å². The van der Waals surface area contributed by atoms with Gasteiger partial charge in [-0.2, -0.15) is 0 Å². The van der Waals surface area contributed by atoms with Crippen molar-refractivity contribution in [2.75, 3.05) is 44.6 Å². The van der Waals surface area contributed by atoms with Gasteiger partial charge in [-0.1, -0.05) is 12.5 Å². The molecule has 1 unspecified atom stereocenters. The van der Waals surface area contributed by atoms with Crippen LogP contribution in [0.1, 0.15) is 44.9 Å². The molecule has 1 amide bonds. The summed E-state index contributed by atoms with van der Waals surface area (Å²) in [7, 11) is 0. The van der Waals surface area contributed by atoms with Crippen LogP contribution in [-0.2, 0) is 4.79 Å². The number of hydrogen-bond acceptors (Lipinski definition) is 5. The molecule has 0 bridgehead atoms. The van der Waals surface area contributed by atoms with E-state index in [4.69, 9.17) is 14.1 Å². The van der Waals surface area contributed by atoms with Gasteiger partial charge in [0.15, 0.2) is 5.96 Å². The smallest absolute Gasteiger partial charge is 0.221 e. The van der Waals surface area contributed by atoms with E-state index in [0.717, 1.165) is 37.0 Å². The number of furan rings is 1. The van der Waals surface area contributed by atoms with E-state index in [9.17, 15) is 4.79 Å². The lowest BCUT2D eigenvalue weighted by molar-refractivity contribution is -0.114. The molecule has 33 heavy (non-hydrogen) atoms. The summed E-state index contributed by atoms with van der Waals surface area (Å²) in [5, 5.41) is 9.40. The molecule has 3 N–H and O–H groups in total. The minimum atomic E-state index is -0.104. The van der Waals surface area contributed by atoms with Gasteiger partial charge in [-0.15, -0.1) is 24.0 Å². The Kier molecular flexibility index (Phi) is 12.1.